The number of aryl methyl sites for hydroxylation is 1. The summed E-state index contributed by atoms with van der Waals surface area (Å²) in [6.45, 7) is 0.794. The molecule has 3 heterocycles. The Morgan fingerprint density at radius 2 is 2.04 bits per heavy atom. The maximum atomic E-state index is 13.7. The molecule has 1 aromatic carbocycles. The average Bonchev–Trinajstić information content (AvgIpc) is 3.08. The molecule has 2 amide bonds. The first-order valence-corrected chi connectivity index (χ1v) is 9.62. The van der Waals surface area contributed by atoms with Gasteiger partial charge < -0.3 is 0 Å². The Morgan fingerprint density at radius 3 is 2.92 bits per heavy atom. The minimum atomic E-state index is 0.123. The van der Waals surface area contributed by atoms with E-state index in [1.807, 2.05) is 23.2 Å². The highest BCUT2D eigenvalue weighted by Crippen LogP contribution is 2.42. The van der Waals surface area contributed by atoms with Crippen molar-refractivity contribution in [3.05, 3.63) is 66.0 Å². The first kappa shape index (κ1) is 15.6. The van der Waals surface area contributed by atoms with E-state index in [-0.39, 0.29) is 6.03 Å². The van der Waals surface area contributed by atoms with Gasteiger partial charge in [-0.1, -0.05) is 24.3 Å². The Bertz CT molecular complexity index is 861. The number of pyridine rings is 1. The van der Waals surface area contributed by atoms with E-state index in [1.54, 1.807) is 6.20 Å². The molecule has 5 rings (SSSR count). The quantitative estimate of drug-likeness (QED) is 0.764. The summed E-state index contributed by atoms with van der Waals surface area (Å²) in [4.78, 5) is 22.0. The second-order valence-corrected chi connectivity index (χ2v) is 7.56. The SMILES string of the molecule is O=C(N1CCCc2ccccc21)N1C(c2cccnc2)=CC2CCC1C2. The van der Waals surface area contributed by atoms with Crippen LogP contribution in [-0.4, -0.2) is 28.5 Å². The van der Waals surface area contributed by atoms with E-state index < -0.39 is 0 Å². The van der Waals surface area contributed by atoms with Gasteiger partial charge in [-0.15, -0.1) is 0 Å². The lowest BCUT2D eigenvalue weighted by Crippen LogP contribution is -2.49. The van der Waals surface area contributed by atoms with Crippen LogP contribution in [0.5, 0.6) is 0 Å². The topological polar surface area (TPSA) is 36.4 Å². The van der Waals surface area contributed by atoms with Crippen LogP contribution in [0.2, 0.25) is 0 Å². The van der Waals surface area contributed by atoms with Crippen LogP contribution in [0.1, 0.15) is 36.8 Å². The lowest BCUT2D eigenvalue weighted by atomic mass is 9.97. The van der Waals surface area contributed by atoms with Crippen LogP contribution < -0.4 is 4.90 Å². The van der Waals surface area contributed by atoms with Crippen molar-refractivity contribution in [1.29, 1.82) is 0 Å². The molecule has 2 aliphatic heterocycles. The Labute approximate surface area is 154 Å². The largest absolute Gasteiger partial charge is 0.329 e. The number of allylic oxidation sites excluding steroid dienone is 1. The number of urea groups is 1. The highest BCUT2D eigenvalue weighted by molar-refractivity contribution is 5.99. The molecule has 2 unspecified atom stereocenters. The number of aromatic nitrogens is 1. The highest BCUT2D eigenvalue weighted by Gasteiger charge is 2.40. The lowest BCUT2D eigenvalue weighted by molar-refractivity contribution is 0.208. The molecule has 0 N–H and O–H groups in total. The molecule has 132 valence electrons. The molecule has 1 fully saturated rings. The van der Waals surface area contributed by atoms with Crippen molar-refractivity contribution in [2.24, 2.45) is 5.92 Å². The lowest BCUT2D eigenvalue weighted by Gasteiger charge is -2.40. The van der Waals surface area contributed by atoms with Crippen LogP contribution in [-0.2, 0) is 6.42 Å². The molecular formula is C22H23N3O. The van der Waals surface area contributed by atoms with Crippen molar-refractivity contribution in [2.45, 2.75) is 38.1 Å². The van der Waals surface area contributed by atoms with Gasteiger partial charge in [0, 0.05) is 36.2 Å². The van der Waals surface area contributed by atoms with Crippen molar-refractivity contribution in [1.82, 2.24) is 9.88 Å². The summed E-state index contributed by atoms with van der Waals surface area (Å²) >= 11 is 0. The van der Waals surface area contributed by atoms with Crippen LogP contribution in [0, 0.1) is 5.92 Å². The zero-order valence-electron chi connectivity index (χ0n) is 14.8. The predicted molar refractivity (Wildman–Crippen MR) is 103 cm³/mol. The van der Waals surface area contributed by atoms with E-state index in [4.69, 9.17) is 0 Å². The van der Waals surface area contributed by atoms with Crippen molar-refractivity contribution < 1.29 is 4.79 Å². The number of hydrogen-bond donors (Lipinski definition) is 0. The third-order valence-electron chi connectivity index (χ3n) is 5.97. The fourth-order valence-corrected chi connectivity index (χ4v) is 4.75. The van der Waals surface area contributed by atoms with E-state index in [1.165, 1.54) is 12.0 Å². The number of carbonyl (C=O) groups is 1. The third kappa shape index (κ3) is 2.52. The van der Waals surface area contributed by atoms with Gasteiger partial charge in [-0.3, -0.25) is 14.8 Å². The summed E-state index contributed by atoms with van der Waals surface area (Å²) in [5.41, 5.74) is 4.45. The number of carbonyl (C=O) groups excluding carboxylic acids is 1. The van der Waals surface area contributed by atoms with Crippen LogP contribution in [0.25, 0.3) is 5.70 Å². The molecule has 4 nitrogen and oxygen atoms in total. The second-order valence-electron chi connectivity index (χ2n) is 7.56. The molecule has 1 aliphatic carbocycles. The highest BCUT2D eigenvalue weighted by atomic mass is 16.2. The van der Waals surface area contributed by atoms with Crippen LogP contribution in [0.15, 0.2) is 54.9 Å². The second kappa shape index (κ2) is 6.27. The molecule has 1 saturated carbocycles. The van der Waals surface area contributed by atoms with Crippen LogP contribution in [0.4, 0.5) is 10.5 Å². The molecule has 0 radical (unpaired) electrons. The monoisotopic (exact) mass is 345 g/mol. The molecule has 1 aromatic heterocycles. The molecule has 2 atom stereocenters. The number of nitrogens with zero attached hydrogens (tertiary/aromatic N) is 3. The molecule has 3 aliphatic rings. The summed E-state index contributed by atoms with van der Waals surface area (Å²) in [6, 6.07) is 12.8. The zero-order chi connectivity index (χ0) is 17.5. The predicted octanol–water partition coefficient (Wildman–Crippen LogP) is 4.48. The summed E-state index contributed by atoms with van der Waals surface area (Å²) in [5.74, 6) is 0.591. The van der Waals surface area contributed by atoms with Gasteiger partial charge in [0.15, 0.2) is 0 Å². The number of amides is 2. The number of fused-ring (bicyclic) bond motifs is 3. The van der Waals surface area contributed by atoms with Crippen LogP contribution in [0.3, 0.4) is 0 Å². The van der Waals surface area contributed by atoms with Crippen molar-refractivity contribution >= 4 is 17.4 Å². The number of anilines is 1. The smallest absolute Gasteiger partial charge is 0.294 e. The number of benzene rings is 1. The van der Waals surface area contributed by atoms with Gasteiger partial charge in [0.25, 0.3) is 0 Å². The van der Waals surface area contributed by atoms with E-state index in [9.17, 15) is 4.79 Å². The van der Waals surface area contributed by atoms with Gasteiger partial charge in [0.05, 0.1) is 5.70 Å². The van der Waals surface area contributed by atoms with Crippen molar-refractivity contribution in [3.8, 4) is 0 Å². The Kier molecular flexibility index (Phi) is 3.77. The maximum absolute atomic E-state index is 13.7. The van der Waals surface area contributed by atoms with E-state index in [0.717, 1.165) is 49.2 Å². The maximum Gasteiger partial charge on any atom is 0.329 e. The van der Waals surface area contributed by atoms with Gasteiger partial charge in [-0.2, -0.15) is 0 Å². The number of rotatable bonds is 1. The molecule has 4 heteroatoms. The normalized spacial score (nSPS) is 24.2. The molecule has 0 saturated heterocycles. The van der Waals surface area contributed by atoms with E-state index >= 15 is 0 Å². The first-order valence-electron chi connectivity index (χ1n) is 9.62. The zero-order valence-corrected chi connectivity index (χ0v) is 14.8. The van der Waals surface area contributed by atoms with Gasteiger partial charge >= 0.3 is 6.03 Å². The fraction of sp³-hybridized carbons (Fsp3) is 0.364. The summed E-state index contributed by atoms with van der Waals surface area (Å²) < 4.78 is 0. The first-order chi connectivity index (χ1) is 12.8. The van der Waals surface area contributed by atoms with Crippen LogP contribution >= 0.6 is 0 Å². The average molecular weight is 345 g/mol. The Hall–Kier alpha value is -2.62. The fourth-order valence-electron chi connectivity index (χ4n) is 4.75. The van der Waals surface area contributed by atoms with Gasteiger partial charge in [0.2, 0.25) is 0 Å². The third-order valence-corrected chi connectivity index (χ3v) is 5.97. The summed E-state index contributed by atoms with van der Waals surface area (Å²) in [5, 5.41) is 0. The van der Waals surface area contributed by atoms with Crippen molar-refractivity contribution in [3.63, 3.8) is 0 Å². The summed E-state index contributed by atoms with van der Waals surface area (Å²) in [6.07, 6.45) is 11.4. The van der Waals surface area contributed by atoms with Gasteiger partial charge in [0.1, 0.15) is 0 Å². The number of para-hydroxylation sites is 1. The summed E-state index contributed by atoms with van der Waals surface area (Å²) in [7, 11) is 0. The number of hydrogen-bond acceptors (Lipinski definition) is 2. The molecule has 2 bridgehead atoms. The van der Waals surface area contributed by atoms with Gasteiger partial charge in [-0.05, 0) is 61.8 Å². The standard InChI is InChI=1S/C22H23N3O/c26-22(24-12-4-7-17-5-1-2-8-20(17)24)25-19-10-9-16(13-19)14-21(25)18-6-3-11-23-15-18/h1-3,5-6,8,11,14-16,19H,4,7,9-10,12-13H2. The van der Waals surface area contributed by atoms with E-state index in [0.29, 0.717) is 12.0 Å². The van der Waals surface area contributed by atoms with Crippen molar-refractivity contribution in [2.75, 3.05) is 11.4 Å². The minimum absolute atomic E-state index is 0.123. The Balaban J connectivity index is 1.55. The molecular weight excluding hydrogens is 322 g/mol. The molecule has 2 aromatic rings. The molecule has 0 spiro atoms. The molecule has 26 heavy (non-hydrogen) atoms. The van der Waals surface area contributed by atoms with E-state index in [2.05, 4.69) is 40.2 Å². The minimum Gasteiger partial charge on any atom is -0.294 e. The van der Waals surface area contributed by atoms with Gasteiger partial charge in [-0.25, -0.2) is 4.79 Å². The Morgan fingerprint density at radius 1 is 1.12 bits per heavy atom.